The molecule has 1 fully saturated rings. The van der Waals surface area contributed by atoms with E-state index in [2.05, 4.69) is 54.4 Å². The van der Waals surface area contributed by atoms with E-state index in [0.29, 0.717) is 12.6 Å². The highest BCUT2D eigenvalue weighted by molar-refractivity contribution is 7.98. The van der Waals surface area contributed by atoms with E-state index in [-0.39, 0.29) is 0 Å². The monoisotopic (exact) mass is 293 g/mol. The molecule has 1 aliphatic heterocycles. The van der Waals surface area contributed by atoms with Crippen LogP contribution in [0.1, 0.15) is 18.0 Å². The largest absolute Gasteiger partial charge is 0.329 e. The Kier molecular flexibility index (Phi) is 5.90. The van der Waals surface area contributed by atoms with Gasteiger partial charge in [-0.1, -0.05) is 12.1 Å². The average molecular weight is 293 g/mol. The summed E-state index contributed by atoms with van der Waals surface area (Å²) in [7, 11) is 4.42. The molecule has 1 aliphatic rings. The van der Waals surface area contributed by atoms with Gasteiger partial charge in [-0.05, 0) is 56.9 Å². The smallest absolute Gasteiger partial charge is 0.0467 e. The van der Waals surface area contributed by atoms with Gasteiger partial charge in [-0.3, -0.25) is 4.90 Å². The molecule has 0 saturated carbocycles. The molecule has 4 heteroatoms. The van der Waals surface area contributed by atoms with E-state index in [1.54, 1.807) is 11.8 Å². The van der Waals surface area contributed by atoms with E-state index in [1.807, 2.05) is 0 Å². The molecule has 0 aromatic heterocycles. The van der Waals surface area contributed by atoms with E-state index in [4.69, 9.17) is 5.73 Å². The minimum atomic E-state index is 0.330. The molecule has 0 bridgehead atoms. The van der Waals surface area contributed by atoms with Crippen LogP contribution in [0.15, 0.2) is 29.2 Å². The van der Waals surface area contributed by atoms with Gasteiger partial charge in [0.1, 0.15) is 0 Å². The lowest BCUT2D eigenvalue weighted by atomic mass is 10.0. The molecule has 3 nitrogen and oxygen atoms in total. The Labute approximate surface area is 127 Å². The number of nitrogens with two attached hydrogens (primary N) is 1. The molecule has 0 spiro atoms. The second-order valence-corrected chi connectivity index (χ2v) is 6.76. The molecule has 1 saturated heterocycles. The van der Waals surface area contributed by atoms with Gasteiger partial charge in [0.25, 0.3) is 0 Å². The molecule has 2 atom stereocenters. The number of likely N-dealkylation sites (tertiary alicyclic amines) is 1. The predicted octanol–water partition coefficient (Wildman–Crippen LogP) is 2.29. The van der Waals surface area contributed by atoms with E-state index in [1.165, 1.54) is 30.0 Å². The Bertz CT molecular complexity index is 407. The molecule has 2 N–H and O–H groups in total. The number of benzene rings is 1. The van der Waals surface area contributed by atoms with Crippen LogP contribution in [0.2, 0.25) is 0 Å². The fraction of sp³-hybridized carbons (Fsp3) is 0.625. The first-order chi connectivity index (χ1) is 9.63. The Hall–Kier alpha value is -0.550. The lowest BCUT2D eigenvalue weighted by Gasteiger charge is -2.29. The molecular formula is C16H27N3S. The number of likely N-dealkylation sites (N-methyl/N-ethyl adjacent to an activating group) is 1. The van der Waals surface area contributed by atoms with Crippen molar-refractivity contribution in [3.05, 3.63) is 29.8 Å². The van der Waals surface area contributed by atoms with Crippen LogP contribution in [0.5, 0.6) is 0 Å². The maximum absolute atomic E-state index is 6.02. The topological polar surface area (TPSA) is 32.5 Å². The van der Waals surface area contributed by atoms with Gasteiger partial charge >= 0.3 is 0 Å². The summed E-state index contributed by atoms with van der Waals surface area (Å²) in [5.41, 5.74) is 7.35. The molecule has 112 valence electrons. The summed E-state index contributed by atoms with van der Waals surface area (Å²) in [6.45, 7) is 4.26. The molecule has 1 aromatic carbocycles. The fourth-order valence-corrected chi connectivity index (χ4v) is 3.51. The second-order valence-electron chi connectivity index (χ2n) is 5.88. The van der Waals surface area contributed by atoms with Gasteiger partial charge in [-0.25, -0.2) is 0 Å². The van der Waals surface area contributed by atoms with Crippen LogP contribution in [0.4, 0.5) is 0 Å². The molecular weight excluding hydrogens is 266 g/mol. The predicted molar refractivity (Wildman–Crippen MR) is 88.3 cm³/mol. The van der Waals surface area contributed by atoms with Crippen LogP contribution in [-0.2, 0) is 0 Å². The van der Waals surface area contributed by atoms with Crippen LogP contribution in [0, 0.1) is 5.92 Å². The van der Waals surface area contributed by atoms with E-state index < -0.39 is 0 Å². The van der Waals surface area contributed by atoms with Crippen molar-refractivity contribution >= 4 is 11.8 Å². The van der Waals surface area contributed by atoms with Crippen molar-refractivity contribution in [1.82, 2.24) is 9.80 Å². The number of thioether (sulfide) groups is 1. The highest BCUT2D eigenvalue weighted by Gasteiger charge is 2.24. The van der Waals surface area contributed by atoms with Gasteiger partial charge < -0.3 is 10.6 Å². The third-order valence-corrected chi connectivity index (χ3v) is 5.03. The normalized spacial score (nSPS) is 21.6. The van der Waals surface area contributed by atoms with E-state index in [9.17, 15) is 0 Å². The lowest BCUT2D eigenvalue weighted by molar-refractivity contribution is 0.211. The molecule has 0 amide bonds. The molecule has 2 unspecified atom stereocenters. The number of hydrogen-bond donors (Lipinski definition) is 1. The van der Waals surface area contributed by atoms with Crippen molar-refractivity contribution < 1.29 is 0 Å². The van der Waals surface area contributed by atoms with Crippen molar-refractivity contribution in [3.8, 4) is 0 Å². The zero-order chi connectivity index (χ0) is 14.5. The first-order valence-corrected chi connectivity index (χ1v) is 8.59. The third kappa shape index (κ3) is 3.98. The number of rotatable bonds is 6. The van der Waals surface area contributed by atoms with Crippen molar-refractivity contribution in [1.29, 1.82) is 0 Å². The molecule has 0 radical (unpaired) electrons. The quantitative estimate of drug-likeness (QED) is 0.816. The molecule has 2 rings (SSSR count). The maximum atomic E-state index is 6.02. The Morgan fingerprint density at radius 3 is 2.60 bits per heavy atom. The highest BCUT2D eigenvalue weighted by atomic mass is 32.2. The SMILES string of the molecule is CSc1ccc(C(CN)N(C)CC2CCN(C)C2)cc1. The standard InChI is InChI=1S/C16H27N3S/c1-18-9-8-13(11-18)12-19(2)16(10-17)14-4-6-15(20-3)7-5-14/h4-7,13,16H,8-12,17H2,1-3H3. The fourth-order valence-electron chi connectivity index (χ4n) is 3.11. The first-order valence-electron chi connectivity index (χ1n) is 7.36. The van der Waals surface area contributed by atoms with Gasteiger partial charge in [-0.15, -0.1) is 11.8 Å². The van der Waals surface area contributed by atoms with Crippen molar-refractivity contribution in [3.63, 3.8) is 0 Å². The first kappa shape index (κ1) is 15.8. The summed E-state index contributed by atoms with van der Waals surface area (Å²) in [5.74, 6) is 0.782. The van der Waals surface area contributed by atoms with Crippen LogP contribution >= 0.6 is 11.8 Å². The highest BCUT2D eigenvalue weighted by Crippen LogP contribution is 2.24. The average Bonchev–Trinajstić information content (AvgIpc) is 2.85. The Morgan fingerprint density at radius 2 is 2.10 bits per heavy atom. The summed E-state index contributed by atoms with van der Waals surface area (Å²) in [6, 6.07) is 9.16. The van der Waals surface area contributed by atoms with Crippen molar-refractivity contribution in [2.75, 3.05) is 46.5 Å². The third-order valence-electron chi connectivity index (χ3n) is 4.29. The zero-order valence-electron chi connectivity index (χ0n) is 12.9. The molecule has 1 heterocycles. The van der Waals surface area contributed by atoms with Gasteiger partial charge in [-0.2, -0.15) is 0 Å². The van der Waals surface area contributed by atoms with Gasteiger partial charge in [0.05, 0.1) is 0 Å². The van der Waals surface area contributed by atoms with Gasteiger partial charge in [0.2, 0.25) is 0 Å². The van der Waals surface area contributed by atoms with E-state index >= 15 is 0 Å². The maximum Gasteiger partial charge on any atom is 0.0467 e. The summed E-state index contributed by atoms with van der Waals surface area (Å²) in [4.78, 5) is 6.16. The van der Waals surface area contributed by atoms with Crippen LogP contribution in [-0.4, -0.2) is 56.3 Å². The minimum Gasteiger partial charge on any atom is -0.329 e. The Balaban J connectivity index is 1.98. The van der Waals surface area contributed by atoms with E-state index in [0.717, 1.165) is 12.5 Å². The lowest BCUT2D eigenvalue weighted by Crippen LogP contribution is -2.35. The minimum absolute atomic E-state index is 0.330. The van der Waals surface area contributed by atoms with Crippen molar-refractivity contribution in [2.45, 2.75) is 17.4 Å². The summed E-state index contributed by atoms with van der Waals surface area (Å²) in [6.07, 6.45) is 3.42. The summed E-state index contributed by atoms with van der Waals surface area (Å²) >= 11 is 1.78. The molecule has 1 aromatic rings. The van der Waals surface area contributed by atoms with Crippen molar-refractivity contribution in [2.24, 2.45) is 11.7 Å². The van der Waals surface area contributed by atoms with Gasteiger partial charge in [0.15, 0.2) is 0 Å². The zero-order valence-corrected chi connectivity index (χ0v) is 13.7. The van der Waals surface area contributed by atoms with Crippen LogP contribution in [0.3, 0.4) is 0 Å². The number of hydrogen-bond acceptors (Lipinski definition) is 4. The second kappa shape index (κ2) is 7.46. The Morgan fingerprint density at radius 1 is 1.40 bits per heavy atom. The summed E-state index contributed by atoms with van der Waals surface area (Å²) in [5, 5.41) is 0. The molecule has 0 aliphatic carbocycles. The molecule has 20 heavy (non-hydrogen) atoms. The van der Waals surface area contributed by atoms with Gasteiger partial charge in [0, 0.05) is 30.6 Å². The van der Waals surface area contributed by atoms with Crippen LogP contribution < -0.4 is 5.73 Å². The van der Waals surface area contributed by atoms with Crippen LogP contribution in [0.25, 0.3) is 0 Å². The summed E-state index contributed by atoms with van der Waals surface area (Å²) < 4.78 is 0. The number of nitrogens with zero attached hydrogens (tertiary/aromatic N) is 2.